The Labute approximate surface area is 151 Å². The lowest BCUT2D eigenvalue weighted by atomic mass is 10.1. The van der Waals surface area contributed by atoms with Crippen molar-refractivity contribution in [2.75, 3.05) is 26.3 Å². The van der Waals surface area contributed by atoms with Crippen LogP contribution in [-0.4, -0.2) is 37.1 Å². The molecule has 7 heteroatoms. The molecule has 1 aliphatic rings. The Bertz CT molecular complexity index is 771. The topological polar surface area (TPSA) is 85.9 Å². The molecule has 0 unspecified atom stereocenters. The Balaban J connectivity index is 1.61. The number of nitrogens with zero attached hydrogens (tertiary/aromatic N) is 1. The third kappa shape index (κ3) is 4.65. The number of amides is 1. The van der Waals surface area contributed by atoms with Gasteiger partial charge in [-0.05, 0) is 17.7 Å². The van der Waals surface area contributed by atoms with Crippen molar-refractivity contribution in [1.29, 1.82) is 0 Å². The molecule has 1 heterocycles. The van der Waals surface area contributed by atoms with Gasteiger partial charge in [0, 0.05) is 29.8 Å². The van der Waals surface area contributed by atoms with Gasteiger partial charge in [-0.3, -0.25) is 14.9 Å². The highest BCUT2D eigenvalue weighted by Gasteiger charge is 2.16. The highest BCUT2D eigenvalue weighted by molar-refractivity contribution is 5.94. The highest BCUT2D eigenvalue weighted by Crippen LogP contribution is 2.12. The Hall–Kier alpha value is -2.77. The number of nitro groups is 1. The van der Waals surface area contributed by atoms with Gasteiger partial charge < -0.3 is 15.0 Å². The van der Waals surface area contributed by atoms with Gasteiger partial charge in [-0.25, -0.2) is 0 Å². The summed E-state index contributed by atoms with van der Waals surface area (Å²) in [6, 6.07) is 13.7. The number of non-ortho nitro benzene ring substituents is 1. The Morgan fingerprint density at radius 2 is 1.73 bits per heavy atom. The molecule has 0 saturated carbocycles. The van der Waals surface area contributed by atoms with Gasteiger partial charge in [-0.2, -0.15) is 0 Å². The van der Waals surface area contributed by atoms with Crippen molar-refractivity contribution in [1.82, 2.24) is 5.32 Å². The van der Waals surface area contributed by atoms with Crippen molar-refractivity contribution >= 4 is 11.6 Å². The number of benzene rings is 2. The molecular weight excluding hydrogens is 334 g/mol. The van der Waals surface area contributed by atoms with Gasteiger partial charge in [0.25, 0.3) is 11.6 Å². The van der Waals surface area contributed by atoms with E-state index in [2.05, 4.69) is 11.4 Å². The fourth-order valence-electron chi connectivity index (χ4n) is 3.02. The first-order chi connectivity index (χ1) is 12.6. The summed E-state index contributed by atoms with van der Waals surface area (Å²) in [4.78, 5) is 24.0. The van der Waals surface area contributed by atoms with Crippen LogP contribution in [0.4, 0.5) is 5.69 Å². The number of hydrogen-bond donors (Lipinski definition) is 2. The molecule has 0 aromatic heterocycles. The first-order valence-corrected chi connectivity index (χ1v) is 8.64. The number of hydrogen-bond acceptors (Lipinski definition) is 4. The van der Waals surface area contributed by atoms with Gasteiger partial charge in [0.1, 0.15) is 19.6 Å². The zero-order valence-corrected chi connectivity index (χ0v) is 14.4. The Kier molecular flexibility index (Phi) is 5.93. The third-order valence-electron chi connectivity index (χ3n) is 4.54. The Morgan fingerprint density at radius 1 is 1.08 bits per heavy atom. The van der Waals surface area contributed by atoms with E-state index in [1.54, 1.807) is 0 Å². The monoisotopic (exact) mass is 356 g/mol. The molecule has 3 rings (SSSR count). The molecule has 0 spiro atoms. The summed E-state index contributed by atoms with van der Waals surface area (Å²) in [6.45, 7) is 4.89. The van der Waals surface area contributed by atoms with Crippen molar-refractivity contribution in [3.63, 3.8) is 0 Å². The van der Waals surface area contributed by atoms with Crippen LogP contribution in [0.3, 0.4) is 0 Å². The second-order valence-corrected chi connectivity index (χ2v) is 6.29. The lowest BCUT2D eigenvalue weighted by Gasteiger charge is -2.24. The van der Waals surface area contributed by atoms with Crippen LogP contribution in [0, 0.1) is 10.1 Å². The molecule has 0 bridgehead atoms. The van der Waals surface area contributed by atoms with Crippen molar-refractivity contribution < 1.29 is 19.4 Å². The van der Waals surface area contributed by atoms with Crippen molar-refractivity contribution in [2.24, 2.45) is 0 Å². The first-order valence-electron chi connectivity index (χ1n) is 8.64. The van der Waals surface area contributed by atoms with E-state index in [-0.39, 0.29) is 11.6 Å². The fourth-order valence-corrected chi connectivity index (χ4v) is 3.02. The minimum atomic E-state index is -0.480. The maximum atomic E-state index is 12.3. The Morgan fingerprint density at radius 3 is 2.38 bits per heavy atom. The molecule has 0 atom stereocenters. The molecule has 2 aromatic rings. The molecule has 1 aliphatic heterocycles. The largest absolute Gasteiger partial charge is 0.370 e. The SMILES string of the molecule is O=C(NCc1ccccc1C[NH+]1CCOCC1)c1ccc([N+](=O)[O-])cc1. The van der Waals surface area contributed by atoms with Crippen LogP contribution >= 0.6 is 0 Å². The van der Waals surface area contributed by atoms with E-state index in [0.717, 1.165) is 38.4 Å². The van der Waals surface area contributed by atoms with Crippen molar-refractivity contribution in [3.05, 3.63) is 75.3 Å². The maximum Gasteiger partial charge on any atom is 0.269 e. The van der Waals surface area contributed by atoms with E-state index in [9.17, 15) is 14.9 Å². The number of morpholine rings is 1. The zero-order valence-electron chi connectivity index (χ0n) is 14.4. The van der Waals surface area contributed by atoms with Crippen LogP contribution in [0.1, 0.15) is 21.5 Å². The van der Waals surface area contributed by atoms with Crippen LogP contribution in [0.5, 0.6) is 0 Å². The number of carbonyl (C=O) groups excluding carboxylic acids is 1. The molecule has 1 fully saturated rings. The minimum Gasteiger partial charge on any atom is -0.370 e. The second kappa shape index (κ2) is 8.55. The van der Waals surface area contributed by atoms with Gasteiger partial charge in [0.2, 0.25) is 0 Å². The van der Waals surface area contributed by atoms with E-state index >= 15 is 0 Å². The summed E-state index contributed by atoms with van der Waals surface area (Å²) in [5, 5.41) is 13.6. The number of nitro benzene ring substituents is 1. The average molecular weight is 356 g/mol. The zero-order chi connectivity index (χ0) is 18.4. The predicted molar refractivity (Wildman–Crippen MR) is 95.9 cm³/mol. The molecule has 0 aliphatic carbocycles. The van der Waals surface area contributed by atoms with Gasteiger partial charge in [-0.15, -0.1) is 0 Å². The average Bonchev–Trinajstić information content (AvgIpc) is 2.68. The van der Waals surface area contributed by atoms with Crippen LogP contribution in [0.2, 0.25) is 0 Å². The highest BCUT2D eigenvalue weighted by atomic mass is 16.6. The summed E-state index contributed by atoms with van der Waals surface area (Å²) >= 11 is 0. The van der Waals surface area contributed by atoms with E-state index < -0.39 is 4.92 Å². The maximum absolute atomic E-state index is 12.3. The molecule has 2 N–H and O–H groups in total. The summed E-state index contributed by atoms with van der Waals surface area (Å²) in [7, 11) is 0. The number of nitrogens with one attached hydrogen (secondary N) is 2. The standard InChI is InChI=1S/C19H21N3O4/c23-19(15-5-7-18(8-6-15)22(24)25)20-13-16-3-1-2-4-17(16)14-21-9-11-26-12-10-21/h1-8H,9-14H2,(H,20,23)/p+1. The normalized spacial score (nSPS) is 14.8. The summed E-state index contributed by atoms with van der Waals surface area (Å²) in [5.41, 5.74) is 2.68. The van der Waals surface area contributed by atoms with Crippen molar-refractivity contribution in [3.8, 4) is 0 Å². The smallest absolute Gasteiger partial charge is 0.269 e. The minimum absolute atomic E-state index is 0.0274. The summed E-state index contributed by atoms with van der Waals surface area (Å²) in [6.07, 6.45) is 0. The van der Waals surface area contributed by atoms with E-state index in [0.29, 0.717) is 12.1 Å². The third-order valence-corrected chi connectivity index (χ3v) is 4.54. The summed E-state index contributed by atoms with van der Waals surface area (Å²) in [5.74, 6) is -0.242. The first kappa shape index (κ1) is 18.0. The molecular formula is C19H22N3O4+. The van der Waals surface area contributed by atoms with Crippen LogP contribution in [0.15, 0.2) is 48.5 Å². The van der Waals surface area contributed by atoms with Crippen molar-refractivity contribution in [2.45, 2.75) is 13.1 Å². The molecule has 1 saturated heterocycles. The van der Waals surface area contributed by atoms with E-state index in [1.165, 1.54) is 34.7 Å². The van der Waals surface area contributed by atoms with Gasteiger partial charge in [0.05, 0.1) is 18.1 Å². The van der Waals surface area contributed by atoms with Gasteiger partial charge in [0.15, 0.2) is 0 Å². The molecule has 2 aromatic carbocycles. The molecule has 136 valence electrons. The van der Waals surface area contributed by atoms with Crippen LogP contribution < -0.4 is 10.2 Å². The number of ether oxygens (including phenoxy) is 1. The quantitative estimate of drug-likeness (QED) is 0.596. The van der Waals surface area contributed by atoms with Gasteiger partial charge >= 0.3 is 0 Å². The van der Waals surface area contributed by atoms with E-state index in [1.807, 2.05) is 18.2 Å². The molecule has 26 heavy (non-hydrogen) atoms. The van der Waals surface area contributed by atoms with Crippen LogP contribution in [-0.2, 0) is 17.8 Å². The lowest BCUT2D eigenvalue weighted by molar-refractivity contribution is -0.921. The number of quaternary nitrogens is 1. The lowest BCUT2D eigenvalue weighted by Crippen LogP contribution is -3.12. The second-order valence-electron chi connectivity index (χ2n) is 6.29. The summed E-state index contributed by atoms with van der Waals surface area (Å²) < 4.78 is 5.40. The predicted octanol–water partition coefficient (Wildman–Crippen LogP) is 0.940. The van der Waals surface area contributed by atoms with Gasteiger partial charge in [-0.1, -0.05) is 24.3 Å². The van der Waals surface area contributed by atoms with E-state index in [4.69, 9.17) is 4.74 Å². The van der Waals surface area contributed by atoms with Crippen LogP contribution in [0.25, 0.3) is 0 Å². The fraction of sp³-hybridized carbons (Fsp3) is 0.316. The molecule has 7 nitrogen and oxygen atoms in total. The molecule has 0 radical (unpaired) electrons. The number of carbonyl (C=O) groups is 1. The number of rotatable bonds is 6. The molecule has 1 amide bonds.